The van der Waals surface area contributed by atoms with Crippen molar-refractivity contribution in [3.8, 4) is 11.5 Å². The van der Waals surface area contributed by atoms with Gasteiger partial charge in [0.05, 0.1) is 14.2 Å². The number of piperidine rings is 1. The number of benzene rings is 1. The fraction of sp³-hybridized carbons (Fsp3) is 0.588. The molecular weight excluding hydrogens is 280 g/mol. The molecule has 1 aromatic carbocycles. The second-order valence-corrected chi connectivity index (χ2v) is 5.87. The van der Waals surface area contributed by atoms with E-state index >= 15 is 0 Å². The third kappa shape index (κ3) is 4.63. The molecule has 1 aliphatic rings. The minimum atomic E-state index is 0.0528. The summed E-state index contributed by atoms with van der Waals surface area (Å²) < 4.78 is 10.6. The zero-order valence-corrected chi connectivity index (χ0v) is 13.7. The maximum atomic E-state index is 11.0. The fourth-order valence-electron chi connectivity index (χ4n) is 2.99. The number of nitrogens with zero attached hydrogens (tertiary/aromatic N) is 1. The molecule has 1 aromatic rings. The lowest BCUT2D eigenvalue weighted by molar-refractivity contribution is -0.119. The van der Waals surface area contributed by atoms with E-state index in [1.807, 2.05) is 12.1 Å². The van der Waals surface area contributed by atoms with Gasteiger partial charge in [-0.15, -0.1) is 0 Å². The van der Waals surface area contributed by atoms with Crippen LogP contribution in [-0.4, -0.2) is 44.7 Å². The van der Waals surface area contributed by atoms with E-state index in [9.17, 15) is 4.79 Å². The molecule has 122 valence electrons. The fourth-order valence-corrected chi connectivity index (χ4v) is 2.99. The predicted molar refractivity (Wildman–Crippen MR) is 86.2 cm³/mol. The SMILES string of the molecule is COc1ccc(CN2CCC[C@@H](CNC(C)=O)C2)cc1OC. The summed E-state index contributed by atoms with van der Waals surface area (Å²) in [6, 6.07) is 6.07. The average molecular weight is 306 g/mol. The van der Waals surface area contributed by atoms with E-state index in [1.165, 1.54) is 18.4 Å². The zero-order valence-electron chi connectivity index (χ0n) is 13.7. The Hall–Kier alpha value is -1.75. The highest BCUT2D eigenvalue weighted by molar-refractivity contribution is 5.72. The molecule has 1 heterocycles. The van der Waals surface area contributed by atoms with Gasteiger partial charge in [0.25, 0.3) is 0 Å². The molecule has 2 rings (SSSR count). The zero-order chi connectivity index (χ0) is 15.9. The van der Waals surface area contributed by atoms with Crippen LogP contribution < -0.4 is 14.8 Å². The van der Waals surface area contributed by atoms with Crippen molar-refractivity contribution in [2.75, 3.05) is 33.9 Å². The predicted octanol–water partition coefficient (Wildman–Crippen LogP) is 2.05. The van der Waals surface area contributed by atoms with Gasteiger partial charge in [-0.05, 0) is 43.0 Å². The Bertz CT molecular complexity index is 505. The van der Waals surface area contributed by atoms with Gasteiger partial charge in [-0.25, -0.2) is 0 Å². The Kier molecular flexibility index (Phi) is 6.07. The Morgan fingerprint density at radius 3 is 2.77 bits per heavy atom. The Morgan fingerprint density at radius 1 is 1.32 bits per heavy atom. The first-order valence-corrected chi connectivity index (χ1v) is 7.80. The van der Waals surface area contributed by atoms with Crippen LogP contribution in [0.5, 0.6) is 11.5 Å². The molecule has 1 atom stereocenters. The number of nitrogens with one attached hydrogen (secondary N) is 1. The topological polar surface area (TPSA) is 50.8 Å². The third-order valence-electron chi connectivity index (χ3n) is 4.10. The number of hydrogen-bond acceptors (Lipinski definition) is 4. The number of carbonyl (C=O) groups excluding carboxylic acids is 1. The van der Waals surface area contributed by atoms with Gasteiger partial charge >= 0.3 is 0 Å². The van der Waals surface area contributed by atoms with Crippen molar-refractivity contribution in [1.82, 2.24) is 10.2 Å². The molecule has 0 unspecified atom stereocenters. The van der Waals surface area contributed by atoms with Crippen LogP contribution in [0.3, 0.4) is 0 Å². The lowest BCUT2D eigenvalue weighted by Gasteiger charge is -2.32. The Morgan fingerprint density at radius 2 is 2.09 bits per heavy atom. The van der Waals surface area contributed by atoms with Crippen LogP contribution in [-0.2, 0) is 11.3 Å². The van der Waals surface area contributed by atoms with Crippen LogP contribution >= 0.6 is 0 Å². The number of likely N-dealkylation sites (tertiary alicyclic amines) is 1. The van der Waals surface area contributed by atoms with Gasteiger partial charge < -0.3 is 14.8 Å². The van der Waals surface area contributed by atoms with Crippen LogP contribution in [0.1, 0.15) is 25.3 Å². The Labute approximate surface area is 132 Å². The molecule has 5 nitrogen and oxygen atoms in total. The summed E-state index contributed by atoms with van der Waals surface area (Å²) in [7, 11) is 3.31. The van der Waals surface area contributed by atoms with Gasteiger partial charge in [0.15, 0.2) is 11.5 Å². The van der Waals surface area contributed by atoms with E-state index in [4.69, 9.17) is 9.47 Å². The summed E-state index contributed by atoms with van der Waals surface area (Å²) in [4.78, 5) is 13.5. The quantitative estimate of drug-likeness (QED) is 0.874. The highest BCUT2D eigenvalue weighted by Crippen LogP contribution is 2.28. The van der Waals surface area contributed by atoms with E-state index in [1.54, 1.807) is 21.1 Å². The summed E-state index contributed by atoms with van der Waals surface area (Å²) in [5, 5.41) is 2.93. The molecule has 1 N–H and O–H groups in total. The highest BCUT2D eigenvalue weighted by Gasteiger charge is 2.20. The summed E-state index contributed by atoms with van der Waals surface area (Å²) in [5.74, 6) is 2.12. The molecule has 0 saturated carbocycles. The van der Waals surface area contributed by atoms with Crippen LogP contribution in [0.25, 0.3) is 0 Å². The van der Waals surface area contributed by atoms with Gasteiger partial charge in [0.1, 0.15) is 0 Å². The first kappa shape index (κ1) is 16.6. The molecule has 1 saturated heterocycles. The molecule has 0 radical (unpaired) electrons. The van der Waals surface area contributed by atoms with Crippen molar-refractivity contribution in [2.45, 2.75) is 26.3 Å². The first-order valence-electron chi connectivity index (χ1n) is 7.80. The number of amides is 1. The van der Waals surface area contributed by atoms with Crippen molar-refractivity contribution < 1.29 is 14.3 Å². The first-order chi connectivity index (χ1) is 10.6. The summed E-state index contributed by atoms with van der Waals surface area (Å²) in [5.41, 5.74) is 1.22. The van der Waals surface area contributed by atoms with Gasteiger partial charge in [-0.2, -0.15) is 0 Å². The van der Waals surface area contributed by atoms with Gasteiger partial charge in [-0.1, -0.05) is 6.07 Å². The van der Waals surface area contributed by atoms with Crippen molar-refractivity contribution in [2.24, 2.45) is 5.92 Å². The lowest BCUT2D eigenvalue weighted by Crippen LogP contribution is -2.40. The van der Waals surface area contributed by atoms with Crippen molar-refractivity contribution in [3.05, 3.63) is 23.8 Å². The molecule has 0 spiro atoms. The van der Waals surface area contributed by atoms with Gasteiger partial charge in [-0.3, -0.25) is 9.69 Å². The van der Waals surface area contributed by atoms with E-state index in [2.05, 4.69) is 16.3 Å². The monoisotopic (exact) mass is 306 g/mol. The molecule has 0 aliphatic carbocycles. The van der Waals surface area contributed by atoms with Crippen LogP contribution in [0, 0.1) is 5.92 Å². The average Bonchev–Trinajstić information content (AvgIpc) is 2.53. The maximum absolute atomic E-state index is 11.0. The second kappa shape index (κ2) is 8.03. The van der Waals surface area contributed by atoms with Crippen molar-refractivity contribution in [1.29, 1.82) is 0 Å². The van der Waals surface area contributed by atoms with Crippen LogP contribution in [0.4, 0.5) is 0 Å². The van der Waals surface area contributed by atoms with E-state index in [0.29, 0.717) is 5.92 Å². The number of hydrogen-bond donors (Lipinski definition) is 1. The number of ether oxygens (including phenoxy) is 2. The Balaban J connectivity index is 1.93. The van der Waals surface area contributed by atoms with Crippen LogP contribution in [0.2, 0.25) is 0 Å². The lowest BCUT2D eigenvalue weighted by atomic mass is 9.97. The summed E-state index contributed by atoms with van der Waals surface area (Å²) in [6.45, 7) is 5.37. The minimum absolute atomic E-state index is 0.0528. The molecule has 0 bridgehead atoms. The summed E-state index contributed by atoms with van der Waals surface area (Å²) in [6.07, 6.45) is 2.36. The standard InChI is InChI=1S/C17H26N2O3/c1-13(20)18-10-15-5-4-8-19(12-15)11-14-6-7-16(21-2)17(9-14)22-3/h6-7,9,15H,4-5,8,10-12H2,1-3H3,(H,18,20)/t15-/m0/s1. The van der Waals surface area contributed by atoms with Crippen molar-refractivity contribution >= 4 is 5.91 Å². The van der Waals surface area contributed by atoms with E-state index in [0.717, 1.165) is 37.7 Å². The molecule has 22 heavy (non-hydrogen) atoms. The number of carbonyl (C=O) groups is 1. The minimum Gasteiger partial charge on any atom is -0.493 e. The second-order valence-electron chi connectivity index (χ2n) is 5.87. The van der Waals surface area contributed by atoms with Crippen molar-refractivity contribution in [3.63, 3.8) is 0 Å². The van der Waals surface area contributed by atoms with E-state index < -0.39 is 0 Å². The molecule has 0 aromatic heterocycles. The van der Waals surface area contributed by atoms with Gasteiger partial charge in [0, 0.05) is 26.6 Å². The molecule has 1 fully saturated rings. The largest absolute Gasteiger partial charge is 0.493 e. The number of methoxy groups -OCH3 is 2. The van der Waals surface area contributed by atoms with Gasteiger partial charge in [0.2, 0.25) is 5.91 Å². The maximum Gasteiger partial charge on any atom is 0.216 e. The van der Waals surface area contributed by atoms with E-state index in [-0.39, 0.29) is 5.91 Å². The smallest absolute Gasteiger partial charge is 0.216 e. The van der Waals surface area contributed by atoms with Crippen LogP contribution in [0.15, 0.2) is 18.2 Å². The number of rotatable bonds is 6. The third-order valence-corrected chi connectivity index (χ3v) is 4.10. The molecule has 5 heteroatoms. The summed E-state index contributed by atoms with van der Waals surface area (Å²) >= 11 is 0. The molecule has 1 aliphatic heterocycles. The molecular formula is C17H26N2O3. The normalized spacial score (nSPS) is 18.8. The highest BCUT2D eigenvalue weighted by atomic mass is 16.5. The molecule has 1 amide bonds.